The van der Waals surface area contributed by atoms with Crippen molar-refractivity contribution in [2.45, 2.75) is 0 Å². The summed E-state index contributed by atoms with van der Waals surface area (Å²) >= 11 is 0.0498. The van der Waals surface area contributed by atoms with E-state index in [2.05, 4.69) is 127 Å². The van der Waals surface area contributed by atoms with Crippen molar-refractivity contribution in [2.24, 2.45) is 0 Å². The van der Waals surface area contributed by atoms with Gasteiger partial charge in [0.1, 0.15) is 0 Å². The quantitative estimate of drug-likeness (QED) is 0.136. The number of hydrogen-bond donors (Lipinski definition) is 0. The molecule has 228 valence electrons. The molecule has 0 spiro atoms. The zero-order valence-electron chi connectivity index (χ0n) is 26.3. The van der Waals surface area contributed by atoms with Crippen LogP contribution >= 0.6 is 0 Å². The molecule has 0 aliphatic carbocycles. The van der Waals surface area contributed by atoms with E-state index < -0.39 is 0 Å². The average molecular weight is 689 g/mol. The van der Waals surface area contributed by atoms with Crippen molar-refractivity contribution in [3.8, 4) is 45.3 Å². The first-order chi connectivity index (χ1) is 24.3. The maximum atomic E-state index is 5.09. The van der Waals surface area contributed by atoms with E-state index in [0.29, 0.717) is 17.5 Å². The second-order valence-corrected chi connectivity index (χ2v) is 14.5. The Morgan fingerprint density at radius 1 is 0.306 bits per heavy atom. The Balaban J connectivity index is 1.18. The van der Waals surface area contributed by atoms with Crippen LogP contribution in [-0.4, -0.2) is 29.5 Å². The Morgan fingerprint density at radius 2 is 0.816 bits per heavy atom. The van der Waals surface area contributed by atoms with Gasteiger partial charge in [0.05, 0.1) is 0 Å². The monoisotopic (exact) mass is 689 g/mol. The summed E-state index contributed by atoms with van der Waals surface area (Å²) in [7, 11) is 0. The third-order valence-corrected chi connectivity index (χ3v) is 12.2. The van der Waals surface area contributed by atoms with Gasteiger partial charge < -0.3 is 0 Å². The van der Waals surface area contributed by atoms with Gasteiger partial charge in [0.25, 0.3) is 0 Å². The molecule has 0 amide bonds. The van der Waals surface area contributed by atoms with Crippen LogP contribution in [0.15, 0.2) is 164 Å². The minimum absolute atomic E-state index is 0.0498. The van der Waals surface area contributed by atoms with Gasteiger partial charge in [0.15, 0.2) is 0 Å². The van der Waals surface area contributed by atoms with Crippen molar-refractivity contribution in [3.05, 3.63) is 164 Å². The molecule has 3 nitrogen and oxygen atoms in total. The molecular weight excluding hydrogens is 661 g/mol. The Bertz CT molecular complexity index is 2820. The van der Waals surface area contributed by atoms with Crippen molar-refractivity contribution in [2.75, 3.05) is 0 Å². The molecule has 0 bridgehead atoms. The molecule has 10 rings (SSSR count). The van der Waals surface area contributed by atoms with Crippen LogP contribution in [0.5, 0.6) is 0 Å². The molecule has 0 saturated carbocycles. The zero-order chi connectivity index (χ0) is 32.3. The Labute approximate surface area is 288 Å². The van der Waals surface area contributed by atoms with Crippen LogP contribution in [0.1, 0.15) is 0 Å². The molecule has 0 unspecified atom stereocenters. The normalized spacial score (nSPS) is 11.7. The maximum absolute atomic E-state index is 5.09. The Kier molecular flexibility index (Phi) is 6.51. The van der Waals surface area contributed by atoms with Crippen molar-refractivity contribution < 1.29 is 0 Å². The van der Waals surface area contributed by atoms with Crippen LogP contribution in [0, 0.1) is 0 Å². The number of rotatable bonds is 4. The number of aromatic nitrogens is 3. The van der Waals surface area contributed by atoms with Gasteiger partial charge in [-0.05, 0) is 0 Å². The van der Waals surface area contributed by atoms with Gasteiger partial charge in [0.2, 0.25) is 0 Å². The zero-order valence-corrected chi connectivity index (χ0v) is 28.1. The molecule has 0 radical (unpaired) electrons. The summed E-state index contributed by atoms with van der Waals surface area (Å²) in [5.74, 6) is 2.08. The van der Waals surface area contributed by atoms with Crippen molar-refractivity contribution in [1.82, 2.24) is 15.0 Å². The van der Waals surface area contributed by atoms with E-state index in [9.17, 15) is 0 Å². The summed E-state index contributed by atoms with van der Waals surface area (Å²) < 4.78 is 2.72. The summed E-state index contributed by atoms with van der Waals surface area (Å²) in [5, 5.41) is 10.3. The van der Waals surface area contributed by atoms with E-state index in [4.69, 9.17) is 15.0 Å². The molecule has 0 N–H and O–H groups in total. The summed E-state index contributed by atoms with van der Waals surface area (Å²) in [6.45, 7) is 0. The number of hydrogen-bond acceptors (Lipinski definition) is 3. The molecule has 8 aromatic carbocycles. The van der Waals surface area contributed by atoms with Crippen molar-refractivity contribution in [1.29, 1.82) is 0 Å². The molecule has 0 aliphatic rings. The van der Waals surface area contributed by atoms with Crippen LogP contribution in [0.25, 0.3) is 96.9 Å². The fraction of sp³-hybridized carbons (Fsp3) is 0. The molecular formula is C45H27N3Se. The molecule has 2 aromatic heterocycles. The molecule has 0 aliphatic heterocycles. The van der Waals surface area contributed by atoms with E-state index in [0.717, 1.165) is 16.7 Å². The standard InChI is InChI=1S/C45H27N3Se/c1-3-12-30(13-4-1)43-46-44(31-14-5-2-6-15-31)48-45(47-43)39-20-10-19-38-37-18-9-17-34(41(37)49-42(38)39)32-22-21-29-24-25-35-33-16-8-7-11-28(33)23-26-36(35)40(29)27-32/h1-27H. The van der Waals surface area contributed by atoms with E-state index in [1.807, 2.05) is 36.4 Å². The molecule has 0 saturated heterocycles. The predicted octanol–water partition coefficient (Wildman–Crippen LogP) is 11.4. The van der Waals surface area contributed by atoms with Crippen LogP contribution < -0.4 is 0 Å². The van der Waals surface area contributed by atoms with Crippen LogP contribution in [0.4, 0.5) is 0 Å². The van der Waals surface area contributed by atoms with E-state index in [1.165, 1.54) is 62.7 Å². The van der Waals surface area contributed by atoms with Crippen LogP contribution in [0.2, 0.25) is 0 Å². The fourth-order valence-corrected chi connectivity index (χ4v) is 9.96. The van der Waals surface area contributed by atoms with Crippen LogP contribution in [-0.2, 0) is 0 Å². The van der Waals surface area contributed by atoms with Crippen LogP contribution in [0.3, 0.4) is 0 Å². The van der Waals surface area contributed by atoms with Gasteiger partial charge >= 0.3 is 290 Å². The summed E-state index contributed by atoms with van der Waals surface area (Å²) in [6.07, 6.45) is 0. The Hall–Kier alpha value is -5.93. The average Bonchev–Trinajstić information content (AvgIpc) is 3.57. The first kappa shape index (κ1) is 28.1. The molecule has 0 atom stereocenters. The van der Waals surface area contributed by atoms with Crippen molar-refractivity contribution in [3.63, 3.8) is 0 Å². The molecule has 4 heteroatoms. The van der Waals surface area contributed by atoms with E-state index in [-0.39, 0.29) is 14.5 Å². The Morgan fingerprint density at radius 3 is 1.51 bits per heavy atom. The first-order valence-corrected chi connectivity index (χ1v) is 18.2. The second-order valence-electron chi connectivity index (χ2n) is 12.4. The third-order valence-electron chi connectivity index (χ3n) is 9.52. The number of nitrogens with zero attached hydrogens (tertiary/aromatic N) is 3. The number of fused-ring (bicyclic) bond motifs is 8. The molecule has 0 fully saturated rings. The third kappa shape index (κ3) is 4.69. The fourth-order valence-electron chi connectivity index (χ4n) is 7.14. The summed E-state index contributed by atoms with van der Waals surface area (Å²) in [4.78, 5) is 15.1. The summed E-state index contributed by atoms with van der Waals surface area (Å²) in [6, 6.07) is 58.4. The first-order valence-electron chi connectivity index (χ1n) is 16.4. The van der Waals surface area contributed by atoms with Gasteiger partial charge in [-0.1, -0.05) is 0 Å². The van der Waals surface area contributed by atoms with E-state index in [1.54, 1.807) is 0 Å². The predicted molar refractivity (Wildman–Crippen MR) is 206 cm³/mol. The molecule has 10 aromatic rings. The summed E-state index contributed by atoms with van der Waals surface area (Å²) in [5.41, 5.74) is 5.57. The van der Waals surface area contributed by atoms with E-state index >= 15 is 0 Å². The van der Waals surface area contributed by atoms with Gasteiger partial charge in [-0.15, -0.1) is 0 Å². The number of benzene rings is 8. The van der Waals surface area contributed by atoms with Gasteiger partial charge in [-0.2, -0.15) is 0 Å². The molecule has 2 heterocycles. The van der Waals surface area contributed by atoms with Gasteiger partial charge in [-0.3, -0.25) is 0 Å². The van der Waals surface area contributed by atoms with Gasteiger partial charge in [-0.25, -0.2) is 0 Å². The topological polar surface area (TPSA) is 38.7 Å². The van der Waals surface area contributed by atoms with Gasteiger partial charge in [0, 0.05) is 0 Å². The SMILES string of the molecule is c1ccc(-c2nc(-c3ccccc3)nc(-c3cccc4c3[se]c3c(-c5ccc6ccc7c8ccccc8ccc7c6c5)cccc34)n2)cc1. The second kappa shape index (κ2) is 11.3. The minimum atomic E-state index is 0.0498. The molecule has 49 heavy (non-hydrogen) atoms. The van der Waals surface area contributed by atoms with Crippen molar-refractivity contribution >= 4 is 66.1 Å².